The van der Waals surface area contributed by atoms with E-state index in [0.29, 0.717) is 25.3 Å². The molecule has 1 aliphatic carbocycles. The van der Waals surface area contributed by atoms with Crippen molar-refractivity contribution in [3.63, 3.8) is 0 Å². The number of hydrogen-bond donors (Lipinski definition) is 1. The van der Waals surface area contributed by atoms with Crippen LogP contribution in [-0.2, 0) is 9.59 Å². The number of carbonyl (C=O) groups excluding carboxylic acids is 2. The normalized spacial score (nSPS) is 24.5. The molecule has 4 nitrogen and oxygen atoms in total. The first-order chi connectivity index (χ1) is 9.19. The number of carbonyl (C=O) groups is 2. The molecular formula is C15H24N2O2. The quantitative estimate of drug-likeness (QED) is 0.771. The van der Waals surface area contributed by atoms with Gasteiger partial charge in [-0.25, -0.2) is 0 Å². The summed E-state index contributed by atoms with van der Waals surface area (Å²) in [5, 5.41) is 2.90. The first-order valence-corrected chi connectivity index (χ1v) is 7.37. The number of amides is 2. The molecule has 0 unspecified atom stereocenters. The van der Waals surface area contributed by atoms with Crippen LogP contribution in [0.15, 0.2) is 12.7 Å². The molecule has 1 atom stereocenters. The number of likely N-dealkylation sites (tertiary alicyclic amines) is 1. The van der Waals surface area contributed by atoms with Gasteiger partial charge in [-0.1, -0.05) is 25.3 Å². The molecule has 4 heteroatoms. The zero-order chi connectivity index (χ0) is 13.7. The second-order valence-corrected chi connectivity index (χ2v) is 5.76. The monoisotopic (exact) mass is 264 g/mol. The second-order valence-electron chi connectivity index (χ2n) is 5.76. The first kappa shape index (κ1) is 14.1. The van der Waals surface area contributed by atoms with Gasteiger partial charge < -0.3 is 10.2 Å². The Bertz CT molecular complexity index is 348. The molecule has 0 aromatic heterocycles. The molecule has 0 bridgehead atoms. The van der Waals surface area contributed by atoms with Crippen LogP contribution in [0.4, 0.5) is 0 Å². The fourth-order valence-electron chi connectivity index (χ4n) is 3.14. The highest BCUT2D eigenvalue weighted by Gasteiger charge is 2.31. The Balaban J connectivity index is 1.78. The van der Waals surface area contributed by atoms with Crippen molar-refractivity contribution in [2.45, 2.75) is 51.0 Å². The van der Waals surface area contributed by atoms with Gasteiger partial charge in [-0.15, -0.1) is 6.58 Å². The van der Waals surface area contributed by atoms with Crippen LogP contribution in [0.25, 0.3) is 0 Å². The maximum absolute atomic E-state index is 12.0. The van der Waals surface area contributed by atoms with Gasteiger partial charge in [0, 0.05) is 25.9 Å². The van der Waals surface area contributed by atoms with Crippen LogP contribution in [0.3, 0.4) is 0 Å². The Kier molecular flexibility index (Phi) is 5.00. The second kappa shape index (κ2) is 6.73. The standard InChI is InChI=1S/C15H24N2O2/c1-2-6-14(18)16-13-9-15(19)17(11-13)10-12-7-4-3-5-8-12/h2,12-13H,1,3-11H2,(H,16,18)/t13-/m0/s1. The Morgan fingerprint density at radius 2 is 2.11 bits per heavy atom. The summed E-state index contributed by atoms with van der Waals surface area (Å²) < 4.78 is 0. The molecule has 0 radical (unpaired) electrons. The Hall–Kier alpha value is -1.32. The lowest BCUT2D eigenvalue weighted by molar-refractivity contribution is -0.128. The molecule has 0 spiro atoms. The topological polar surface area (TPSA) is 49.4 Å². The molecular weight excluding hydrogens is 240 g/mol. The van der Waals surface area contributed by atoms with Crippen LogP contribution in [0.5, 0.6) is 0 Å². The van der Waals surface area contributed by atoms with Gasteiger partial charge in [0.15, 0.2) is 0 Å². The minimum Gasteiger partial charge on any atom is -0.351 e. The van der Waals surface area contributed by atoms with Crippen LogP contribution in [0.2, 0.25) is 0 Å². The van der Waals surface area contributed by atoms with Crippen molar-refractivity contribution in [2.24, 2.45) is 5.92 Å². The summed E-state index contributed by atoms with van der Waals surface area (Å²) in [5.41, 5.74) is 0. The van der Waals surface area contributed by atoms with E-state index in [0.717, 1.165) is 6.54 Å². The molecule has 1 N–H and O–H groups in total. The van der Waals surface area contributed by atoms with Gasteiger partial charge in [0.25, 0.3) is 0 Å². The molecule has 0 aromatic carbocycles. The molecule has 2 aliphatic rings. The summed E-state index contributed by atoms with van der Waals surface area (Å²) >= 11 is 0. The molecule has 1 heterocycles. The fraction of sp³-hybridized carbons (Fsp3) is 0.733. The van der Waals surface area contributed by atoms with Gasteiger partial charge in [0.1, 0.15) is 0 Å². The average molecular weight is 264 g/mol. The van der Waals surface area contributed by atoms with E-state index in [2.05, 4.69) is 11.9 Å². The van der Waals surface area contributed by atoms with Gasteiger partial charge >= 0.3 is 0 Å². The maximum Gasteiger partial charge on any atom is 0.224 e. The van der Waals surface area contributed by atoms with Crippen molar-refractivity contribution >= 4 is 11.8 Å². The third kappa shape index (κ3) is 4.08. The number of hydrogen-bond acceptors (Lipinski definition) is 2. The van der Waals surface area contributed by atoms with E-state index in [1.807, 2.05) is 4.90 Å². The highest BCUT2D eigenvalue weighted by Crippen LogP contribution is 2.26. The van der Waals surface area contributed by atoms with Crippen LogP contribution in [0, 0.1) is 5.92 Å². The molecule has 2 rings (SSSR count). The zero-order valence-electron chi connectivity index (χ0n) is 11.6. The van der Waals surface area contributed by atoms with E-state index < -0.39 is 0 Å². The van der Waals surface area contributed by atoms with Crippen molar-refractivity contribution in [1.29, 1.82) is 0 Å². The number of nitrogens with zero attached hydrogens (tertiary/aromatic N) is 1. The van der Waals surface area contributed by atoms with Crippen LogP contribution in [-0.4, -0.2) is 35.8 Å². The van der Waals surface area contributed by atoms with Crippen molar-refractivity contribution in [1.82, 2.24) is 10.2 Å². The molecule has 1 aliphatic heterocycles. The summed E-state index contributed by atoms with van der Waals surface area (Å²) in [6, 6.07) is -0.0106. The minimum absolute atomic E-state index is 0.0106. The summed E-state index contributed by atoms with van der Waals surface area (Å²) in [6.07, 6.45) is 8.80. The summed E-state index contributed by atoms with van der Waals surface area (Å²) in [7, 11) is 0. The smallest absolute Gasteiger partial charge is 0.224 e. The molecule has 1 saturated carbocycles. The highest BCUT2D eigenvalue weighted by molar-refractivity contribution is 5.82. The number of rotatable bonds is 5. The van der Waals surface area contributed by atoms with Crippen LogP contribution < -0.4 is 5.32 Å². The van der Waals surface area contributed by atoms with Crippen LogP contribution in [0.1, 0.15) is 44.9 Å². The molecule has 1 saturated heterocycles. The van der Waals surface area contributed by atoms with Crippen LogP contribution >= 0.6 is 0 Å². The van der Waals surface area contributed by atoms with E-state index in [-0.39, 0.29) is 17.9 Å². The van der Waals surface area contributed by atoms with Gasteiger partial charge in [-0.05, 0) is 18.8 Å². The Morgan fingerprint density at radius 1 is 1.37 bits per heavy atom. The Morgan fingerprint density at radius 3 is 2.79 bits per heavy atom. The fourth-order valence-corrected chi connectivity index (χ4v) is 3.14. The number of nitrogens with one attached hydrogen (secondary N) is 1. The van der Waals surface area contributed by atoms with Crippen molar-refractivity contribution in [3.8, 4) is 0 Å². The summed E-state index contributed by atoms with van der Waals surface area (Å²) in [5.74, 6) is 0.821. The minimum atomic E-state index is -0.0349. The molecule has 106 valence electrons. The lowest BCUT2D eigenvalue weighted by Crippen LogP contribution is -2.38. The first-order valence-electron chi connectivity index (χ1n) is 7.37. The SMILES string of the molecule is C=CCC(=O)N[C@H]1CC(=O)N(CC2CCCCC2)C1. The molecule has 2 amide bonds. The highest BCUT2D eigenvalue weighted by atomic mass is 16.2. The molecule has 2 fully saturated rings. The lowest BCUT2D eigenvalue weighted by Gasteiger charge is -2.27. The van der Waals surface area contributed by atoms with Crippen molar-refractivity contribution in [2.75, 3.05) is 13.1 Å². The predicted molar refractivity (Wildman–Crippen MR) is 74.5 cm³/mol. The third-order valence-electron chi connectivity index (χ3n) is 4.11. The van der Waals surface area contributed by atoms with Gasteiger partial charge in [0.2, 0.25) is 11.8 Å². The largest absolute Gasteiger partial charge is 0.351 e. The van der Waals surface area contributed by atoms with E-state index in [1.54, 1.807) is 6.08 Å². The van der Waals surface area contributed by atoms with Crippen molar-refractivity contribution in [3.05, 3.63) is 12.7 Å². The molecule has 0 aromatic rings. The van der Waals surface area contributed by atoms with E-state index in [4.69, 9.17) is 0 Å². The molecule has 19 heavy (non-hydrogen) atoms. The predicted octanol–water partition coefficient (Wildman–Crippen LogP) is 1.86. The zero-order valence-corrected chi connectivity index (χ0v) is 11.6. The Labute approximate surface area is 115 Å². The average Bonchev–Trinajstić information content (AvgIpc) is 2.71. The summed E-state index contributed by atoms with van der Waals surface area (Å²) in [6.45, 7) is 5.10. The van der Waals surface area contributed by atoms with Gasteiger partial charge in [0.05, 0.1) is 6.04 Å². The van der Waals surface area contributed by atoms with Gasteiger partial charge in [-0.2, -0.15) is 0 Å². The van der Waals surface area contributed by atoms with E-state index >= 15 is 0 Å². The van der Waals surface area contributed by atoms with Crippen molar-refractivity contribution < 1.29 is 9.59 Å². The third-order valence-corrected chi connectivity index (χ3v) is 4.11. The summed E-state index contributed by atoms with van der Waals surface area (Å²) in [4.78, 5) is 25.4. The van der Waals surface area contributed by atoms with Gasteiger partial charge in [-0.3, -0.25) is 9.59 Å². The maximum atomic E-state index is 12.0. The lowest BCUT2D eigenvalue weighted by atomic mass is 9.89. The van der Waals surface area contributed by atoms with E-state index in [9.17, 15) is 9.59 Å². The van der Waals surface area contributed by atoms with E-state index in [1.165, 1.54) is 32.1 Å².